The number of rotatable bonds is 4. The van der Waals surface area contributed by atoms with Crippen molar-refractivity contribution in [1.82, 2.24) is 0 Å². The Hall–Kier alpha value is -1.23. The quantitative estimate of drug-likeness (QED) is 0.894. The molecule has 0 heterocycles. The molecule has 0 aliphatic rings. The van der Waals surface area contributed by atoms with Crippen molar-refractivity contribution in [3.05, 3.63) is 57.0 Å². The number of benzene rings is 2. The van der Waals surface area contributed by atoms with Crippen molar-refractivity contribution >= 4 is 27.5 Å². The van der Waals surface area contributed by atoms with Gasteiger partial charge in [-0.05, 0) is 35.4 Å². The highest BCUT2D eigenvalue weighted by Crippen LogP contribution is 2.37. The summed E-state index contributed by atoms with van der Waals surface area (Å²) in [6.07, 6.45) is 0. The first-order chi connectivity index (χ1) is 9.56. The average Bonchev–Trinajstić information content (AvgIpc) is 2.46. The third kappa shape index (κ3) is 3.08. The van der Waals surface area contributed by atoms with Crippen LogP contribution < -0.4 is 15.2 Å². The second-order valence-electron chi connectivity index (χ2n) is 4.26. The first kappa shape index (κ1) is 15.2. The van der Waals surface area contributed by atoms with Crippen LogP contribution in [-0.4, -0.2) is 14.2 Å². The summed E-state index contributed by atoms with van der Waals surface area (Å²) in [5.41, 5.74) is 8.16. The molecule has 1 atom stereocenters. The highest BCUT2D eigenvalue weighted by molar-refractivity contribution is 9.10. The molecule has 1 unspecified atom stereocenters. The molecule has 106 valence electrons. The molecule has 5 heteroatoms. The van der Waals surface area contributed by atoms with Crippen molar-refractivity contribution in [3.8, 4) is 11.5 Å². The Morgan fingerprint density at radius 1 is 1.10 bits per heavy atom. The third-order valence-corrected chi connectivity index (χ3v) is 3.97. The maximum absolute atomic E-state index is 6.32. The van der Waals surface area contributed by atoms with E-state index in [-0.39, 0.29) is 6.04 Å². The molecule has 3 nitrogen and oxygen atoms in total. The lowest BCUT2D eigenvalue weighted by molar-refractivity contribution is 0.354. The molecule has 0 saturated carbocycles. The van der Waals surface area contributed by atoms with E-state index in [1.165, 1.54) is 0 Å². The van der Waals surface area contributed by atoms with E-state index < -0.39 is 0 Å². The molecule has 0 saturated heterocycles. The normalized spacial score (nSPS) is 12.1. The SMILES string of the molecule is COc1cc(Br)c(C(N)c2cccc(Cl)c2)cc1OC. The van der Waals surface area contributed by atoms with Crippen LogP contribution in [-0.2, 0) is 0 Å². The van der Waals surface area contributed by atoms with Gasteiger partial charge in [0.25, 0.3) is 0 Å². The van der Waals surface area contributed by atoms with Gasteiger partial charge < -0.3 is 15.2 Å². The molecule has 0 amide bonds. The van der Waals surface area contributed by atoms with Crippen LogP contribution >= 0.6 is 27.5 Å². The maximum Gasteiger partial charge on any atom is 0.161 e. The summed E-state index contributed by atoms with van der Waals surface area (Å²) in [7, 11) is 3.20. The molecule has 2 rings (SSSR count). The van der Waals surface area contributed by atoms with Gasteiger partial charge in [0.15, 0.2) is 11.5 Å². The fourth-order valence-corrected chi connectivity index (χ4v) is 2.76. The van der Waals surface area contributed by atoms with E-state index in [0.29, 0.717) is 16.5 Å². The van der Waals surface area contributed by atoms with Gasteiger partial charge >= 0.3 is 0 Å². The van der Waals surface area contributed by atoms with Crippen LogP contribution in [0.1, 0.15) is 17.2 Å². The summed E-state index contributed by atoms with van der Waals surface area (Å²) in [6.45, 7) is 0. The largest absolute Gasteiger partial charge is 0.493 e. The molecule has 0 aliphatic heterocycles. The number of hydrogen-bond acceptors (Lipinski definition) is 3. The van der Waals surface area contributed by atoms with Crippen LogP contribution in [0.3, 0.4) is 0 Å². The van der Waals surface area contributed by atoms with Gasteiger partial charge in [-0.25, -0.2) is 0 Å². The zero-order valence-corrected chi connectivity index (χ0v) is 13.5. The summed E-state index contributed by atoms with van der Waals surface area (Å²) in [5, 5.41) is 0.662. The first-order valence-electron chi connectivity index (χ1n) is 5.99. The second kappa shape index (κ2) is 6.48. The van der Waals surface area contributed by atoms with Crippen LogP contribution in [0.25, 0.3) is 0 Å². The molecular formula is C15H15BrClNO2. The van der Waals surface area contributed by atoms with Gasteiger partial charge in [0.1, 0.15) is 0 Å². The van der Waals surface area contributed by atoms with Crippen molar-refractivity contribution in [2.24, 2.45) is 5.73 Å². The molecule has 0 aliphatic carbocycles. The van der Waals surface area contributed by atoms with Crippen LogP contribution in [0.4, 0.5) is 0 Å². The average molecular weight is 357 g/mol. The lowest BCUT2D eigenvalue weighted by Gasteiger charge is -2.17. The van der Waals surface area contributed by atoms with Crippen LogP contribution in [0.2, 0.25) is 5.02 Å². The van der Waals surface area contributed by atoms with E-state index in [4.69, 9.17) is 26.8 Å². The third-order valence-electron chi connectivity index (χ3n) is 3.05. The van der Waals surface area contributed by atoms with Crippen molar-refractivity contribution in [2.75, 3.05) is 14.2 Å². The molecule has 2 aromatic rings. The molecule has 0 spiro atoms. The topological polar surface area (TPSA) is 44.5 Å². The van der Waals surface area contributed by atoms with E-state index in [0.717, 1.165) is 15.6 Å². The fourth-order valence-electron chi connectivity index (χ4n) is 1.99. The number of nitrogens with two attached hydrogens (primary N) is 1. The molecule has 2 aromatic carbocycles. The lowest BCUT2D eigenvalue weighted by atomic mass is 9.99. The van der Waals surface area contributed by atoms with Crippen molar-refractivity contribution in [1.29, 1.82) is 0 Å². The summed E-state index contributed by atoms with van der Waals surface area (Å²) in [5.74, 6) is 1.30. The van der Waals surface area contributed by atoms with Gasteiger partial charge in [0.2, 0.25) is 0 Å². The Morgan fingerprint density at radius 2 is 1.75 bits per heavy atom. The van der Waals surface area contributed by atoms with Gasteiger partial charge in [-0.3, -0.25) is 0 Å². The molecular weight excluding hydrogens is 342 g/mol. The zero-order valence-electron chi connectivity index (χ0n) is 11.2. The molecule has 20 heavy (non-hydrogen) atoms. The number of hydrogen-bond donors (Lipinski definition) is 1. The second-order valence-corrected chi connectivity index (χ2v) is 5.55. The first-order valence-corrected chi connectivity index (χ1v) is 7.16. The number of ether oxygens (including phenoxy) is 2. The van der Waals surface area contributed by atoms with Gasteiger partial charge in [-0.2, -0.15) is 0 Å². The minimum Gasteiger partial charge on any atom is -0.493 e. The standard InChI is InChI=1S/C15H15BrClNO2/c1-19-13-7-11(12(16)8-14(13)20-2)15(18)9-4-3-5-10(17)6-9/h3-8,15H,18H2,1-2H3. The van der Waals surface area contributed by atoms with Crippen molar-refractivity contribution in [3.63, 3.8) is 0 Å². The number of methoxy groups -OCH3 is 2. The Balaban J connectivity index is 2.46. The highest BCUT2D eigenvalue weighted by Gasteiger charge is 2.16. The molecule has 0 fully saturated rings. The maximum atomic E-state index is 6.32. The van der Waals surface area contributed by atoms with E-state index >= 15 is 0 Å². The van der Waals surface area contributed by atoms with Crippen molar-refractivity contribution in [2.45, 2.75) is 6.04 Å². The Kier molecular flexibility index (Phi) is 4.91. The summed E-state index contributed by atoms with van der Waals surface area (Å²) >= 11 is 9.53. The van der Waals surface area contributed by atoms with Gasteiger partial charge in [0.05, 0.1) is 20.3 Å². The van der Waals surface area contributed by atoms with E-state index in [1.807, 2.05) is 36.4 Å². The van der Waals surface area contributed by atoms with E-state index in [1.54, 1.807) is 14.2 Å². The van der Waals surface area contributed by atoms with E-state index in [2.05, 4.69) is 15.9 Å². The number of halogens is 2. The van der Waals surface area contributed by atoms with E-state index in [9.17, 15) is 0 Å². The van der Waals surface area contributed by atoms with Gasteiger partial charge in [0, 0.05) is 9.50 Å². The predicted octanol–water partition coefficient (Wildman–Crippen LogP) is 4.17. The predicted molar refractivity (Wildman–Crippen MR) is 84.7 cm³/mol. The summed E-state index contributed by atoms with van der Waals surface area (Å²) in [6, 6.07) is 10.9. The van der Waals surface area contributed by atoms with Crippen LogP contribution in [0, 0.1) is 0 Å². The lowest BCUT2D eigenvalue weighted by Crippen LogP contribution is -2.13. The molecule has 0 bridgehead atoms. The summed E-state index contributed by atoms with van der Waals surface area (Å²) in [4.78, 5) is 0. The fraction of sp³-hybridized carbons (Fsp3) is 0.200. The van der Waals surface area contributed by atoms with Crippen LogP contribution in [0.15, 0.2) is 40.9 Å². The Bertz CT molecular complexity index is 619. The molecule has 0 radical (unpaired) electrons. The highest BCUT2D eigenvalue weighted by atomic mass is 79.9. The van der Waals surface area contributed by atoms with Crippen LogP contribution in [0.5, 0.6) is 11.5 Å². The monoisotopic (exact) mass is 355 g/mol. The summed E-state index contributed by atoms with van der Waals surface area (Å²) < 4.78 is 11.4. The van der Waals surface area contributed by atoms with Gasteiger partial charge in [-0.15, -0.1) is 0 Å². The minimum atomic E-state index is -0.303. The zero-order chi connectivity index (χ0) is 14.7. The Labute approximate surface area is 131 Å². The molecule has 0 aromatic heterocycles. The smallest absolute Gasteiger partial charge is 0.161 e. The van der Waals surface area contributed by atoms with Gasteiger partial charge in [-0.1, -0.05) is 39.7 Å². The minimum absolute atomic E-state index is 0.303. The van der Waals surface area contributed by atoms with Crippen molar-refractivity contribution < 1.29 is 9.47 Å². The molecule has 2 N–H and O–H groups in total. The Morgan fingerprint density at radius 3 is 2.35 bits per heavy atom.